The van der Waals surface area contributed by atoms with E-state index in [0.717, 1.165) is 11.3 Å². The van der Waals surface area contributed by atoms with Crippen LogP contribution in [0.2, 0.25) is 0 Å². The first-order valence-corrected chi connectivity index (χ1v) is 7.02. The van der Waals surface area contributed by atoms with Gasteiger partial charge in [0.1, 0.15) is 0 Å². The van der Waals surface area contributed by atoms with E-state index in [1.807, 2.05) is 23.6 Å². The second-order valence-electron chi connectivity index (χ2n) is 4.29. The van der Waals surface area contributed by atoms with E-state index in [1.54, 1.807) is 0 Å². The molecule has 0 saturated heterocycles. The van der Waals surface area contributed by atoms with Crippen LogP contribution in [0.4, 0.5) is 5.13 Å². The molecule has 20 heavy (non-hydrogen) atoms. The average Bonchev–Trinajstić information content (AvgIpc) is 2.95. The fraction of sp³-hybridized carbons (Fsp3) is 0. The van der Waals surface area contributed by atoms with Crippen molar-refractivity contribution in [3.8, 4) is 11.3 Å². The van der Waals surface area contributed by atoms with E-state index in [0.29, 0.717) is 5.13 Å². The minimum atomic E-state index is -0.246. The first kappa shape index (κ1) is 12.6. The molecule has 0 spiro atoms. The number of aromatic nitrogens is 1. The number of nitrogens with one attached hydrogen (secondary N) is 1. The number of carbonyl (C=O) groups excluding carboxylic acids is 1. The van der Waals surface area contributed by atoms with Crippen LogP contribution in [0.3, 0.4) is 0 Å². The normalized spacial score (nSPS) is 10.4. The quantitative estimate of drug-likeness (QED) is 0.734. The number of hydrogen-bond donors (Lipinski definition) is 1. The van der Waals surface area contributed by atoms with E-state index in [9.17, 15) is 4.79 Å². The number of amides is 1. The van der Waals surface area contributed by atoms with Crippen LogP contribution >= 0.6 is 11.3 Å². The monoisotopic (exact) mass is 280 g/mol. The highest BCUT2D eigenvalue weighted by Crippen LogP contribution is 2.27. The van der Waals surface area contributed by atoms with E-state index in [-0.39, 0.29) is 5.91 Å². The summed E-state index contributed by atoms with van der Waals surface area (Å²) >= 11 is 1.40. The topological polar surface area (TPSA) is 42.0 Å². The van der Waals surface area contributed by atoms with E-state index in [4.69, 9.17) is 0 Å². The summed E-state index contributed by atoms with van der Waals surface area (Å²) in [7, 11) is 0. The van der Waals surface area contributed by atoms with Crippen LogP contribution in [0.25, 0.3) is 22.0 Å². The molecule has 0 unspecified atom stereocenters. The van der Waals surface area contributed by atoms with Crippen LogP contribution in [0.15, 0.2) is 60.5 Å². The van der Waals surface area contributed by atoms with Gasteiger partial charge in [0.2, 0.25) is 5.91 Å². The Morgan fingerprint density at radius 3 is 2.80 bits per heavy atom. The summed E-state index contributed by atoms with van der Waals surface area (Å²) in [5.41, 5.74) is 1.90. The van der Waals surface area contributed by atoms with Crippen molar-refractivity contribution in [2.75, 3.05) is 5.32 Å². The lowest BCUT2D eigenvalue weighted by Gasteiger charge is -2.01. The smallest absolute Gasteiger partial charge is 0.249 e. The first-order chi connectivity index (χ1) is 9.76. The van der Waals surface area contributed by atoms with Gasteiger partial charge in [-0.3, -0.25) is 10.1 Å². The maximum absolute atomic E-state index is 11.2. The number of nitrogens with zero attached hydrogens (tertiary/aromatic N) is 1. The lowest BCUT2D eigenvalue weighted by molar-refractivity contribution is -0.111. The van der Waals surface area contributed by atoms with Gasteiger partial charge < -0.3 is 0 Å². The van der Waals surface area contributed by atoms with Crippen LogP contribution in [0.1, 0.15) is 0 Å². The SMILES string of the molecule is C=CC(=O)Nc1nc(-c2ccc3ccccc3c2)cs1. The second-order valence-corrected chi connectivity index (χ2v) is 5.15. The number of carbonyl (C=O) groups is 1. The van der Waals surface area contributed by atoms with Gasteiger partial charge in [-0.1, -0.05) is 43.0 Å². The van der Waals surface area contributed by atoms with Crippen LogP contribution in [-0.2, 0) is 4.79 Å². The zero-order valence-electron chi connectivity index (χ0n) is 10.7. The summed E-state index contributed by atoms with van der Waals surface area (Å²) in [6, 6.07) is 14.4. The van der Waals surface area contributed by atoms with Crippen molar-refractivity contribution in [1.29, 1.82) is 0 Å². The van der Waals surface area contributed by atoms with Crippen molar-refractivity contribution < 1.29 is 4.79 Å². The Bertz CT molecular complexity index is 792. The summed E-state index contributed by atoms with van der Waals surface area (Å²) in [6.07, 6.45) is 1.23. The van der Waals surface area contributed by atoms with E-state index >= 15 is 0 Å². The third-order valence-corrected chi connectivity index (χ3v) is 3.72. The molecule has 3 rings (SSSR count). The number of thiazole rings is 1. The molecular formula is C16H12N2OS. The number of fused-ring (bicyclic) bond motifs is 1. The van der Waals surface area contributed by atoms with Crippen molar-refractivity contribution in [2.45, 2.75) is 0 Å². The molecule has 0 saturated carbocycles. The van der Waals surface area contributed by atoms with Gasteiger partial charge in [-0.15, -0.1) is 11.3 Å². The molecule has 4 heteroatoms. The molecule has 1 amide bonds. The van der Waals surface area contributed by atoms with Crippen molar-refractivity contribution in [3.63, 3.8) is 0 Å². The molecule has 0 bridgehead atoms. The second kappa shape index (κ2) is 5.27. The lowest BCUT2D eigenvalue weighted by atomic mass is 10.1. The number of hydrogen-bond acceptors (Lipinski definition) is 3. The maximum atomic E-state index is 11.2. The molecule has 98 valence electrons. The molecule has 2 aromatic carbocycles. The third-order valence-electron chi connectivity index (χ3n) is 2.96. The summed E-state index contributed by atoms with van der Waals surface area (Å²) in [6.45, 7) is 3.42. The number of benzene rings is 2. The van der Waals surface area contributed by atoms with Gasteiger partial charge in [0, 0.05) is 10.9 Å². The first-order valence-electron chi connectivity index (χ1n) is 6.14. The van der Waals surface area contributed by atoms with Crippen LogP contribution in [-0.4, -0.2) is 10.9 Å². The Kier molecular flexibility index (Phi) is 3.31. The average molecular weight is 280 g/mol. The molecule has 1 N–H and O–H groups in total. The van der Waals surface area contributed by atoms with E-state index < -0.39 is 0 Å². The predicted octanol–water partition coefficient (Wildman–Crippen LogP) is 4.09. The van der Waals surface area contributed by atoms with Gasteiger partial charge in [-0.25, -0.2) is 4.98 Å². The number of anilines is 1. The maximum Gasteiger partial charge on any atom is 0.249 e. The lowest BCUT2D eigenvalue weighted by Crippen LogP contribution is -2.06. The Labute approximate surface area is 120 Å². The Morgan fingerprint density at radius 2 is 2.00 bits per heavy atom. The molecular weight excluding hydrogens is 268 g/mol. The predicted molar refractivity (Wildman–Crippen MR) is 83.9 cm³/mol. The van der Waals surface area contributed by atoms with Gasteiger partial charge in [-0.2, -0.15) is 0 Å². The van der Waals surface area contributed by atoms with Gasteiger partial charge in [-0.05, 0) is 22.9 Å². The molecule has 0 atom stereocenters. The third kappa shape index (κ3) is 2.46. The van der Waals surface area contributed by atoms with Gasteiger partial charge >= 0.3 is 0 Å². The Hall–Kier alpha value is -2.46. The van der Waals surface area contributed by atoms with Crippen molar-refractivity contribution >= 4 is 33.1 Å². The minimum absolute atomic E-state index is 0.246. The fourth-order valence-electron chi connectivity index (χ4n) is 1.97. The van der Waals surface area contributed by atoms with Crippen molar-refractivity contribution in [1.82, 2.24) is 4.98 Å². The number of rotatable bonds is 3. The van der Waals surface area contributed by atoms with E-state index in [2.05, 4.69) is 41.1 Å². The summed E-state index contributed by atoms with van der Waals surface area (Å²) < 4.78 is 0. The van der Waals surface area contributed by atoms with Crippen LogP contribution < -0.4 is 5.32 Å². The molecule has 3 nitrogen and oxygen atoms in total. The molecule has 0 fully saturated rings. The van der Waals surface area contributed by atoms with Crippen molar-refractivity contribution in [3.05, 3.63) is 60.5 Å². The van der Waals surface area contributed by atoms with Crippen molar-refractivity contribution in [2.24, 2.45) is 0 Å². The zero-order valence-corrected chi connectivity index (χ0v) is 11.5. The highest BCUT2D eigenvalue weighted by atomic mass is 32.1. The van der Waals surface area contributed by atoms with Gasteiger partial charge in [0.15, 0.2) is 5.13 Å². The standard InChI is InChI=1S/C16H12N2OS/c1-2-15(19)18-16-17-14(10-20-16)13-8-7-11-5-3-4-6-12(11)9-13/h2-10H,1H2,(H,17,18,19). The molecule has 0 aliphatic rings. The molecule has 1 heterocycles. The summed E-state index contributed by atoms with van der Waals surface area (Å²) in [4.78, 5) is 15.7. The van der Waals surface area contributed by atoms with Gasteiger partial charge in [0.25, 0.3) is 0 Å². The van der Waals surface area contributed by atoms with Crippen LogP contribution in [0.5, 0.6) is 0 Å². The zero-order chi connectivity index (χ0) is 13.9. The molecule has 0 aliphatic carbocycles. The summed E-state index contributed by atoms with van der Waals surface area (Å²) in [5.74, 6) is -0.246. The molecule has 1 aromatic heterocycles. The highest BCUT2D eigenvalue weighted by Gasteiger charge is 2.06. The molecule has 0 aliphatic heterocycles. The highest BCUT2D eigenvalue weighted by molar-refractivity contribution is 7.14. The molecule has 3 aromatic rings. The largest absolute Gasteiger partial charge is 0.298 e. The Balaban J connectivity index is 1.94. The van der Waals surface area contributed by atoms with E-state index in [1.165, 1.54) is 28.2 Å². The minimum Gasteiger partial charge on any atom is -0.298 e. The molecule has 0 radical (unpaired) electrons. The van der Waals surface area contributed by atoms with Gasteiger partial charge in [0.05, 0.1) is 5.69 Å². The van der Waals surface area contributed by atoms with Crippen LogP contribution in [0, 0.1) is 0 Å². The Morgan fingerprint density at radius 1 is 1.20 bits per heavy atom. The summed E-state index contributed by atoms with van der Waals surface area (Å²) in [5, 5.41) is 7.56. The fourth-order valence-corrected chi connectivity index (χ4v) is 2.69.